The number of hydrogen-bond acceptors (Lipinski definition) is 3. The van der Waals surface area contributed by atoms with E-state index in [1.807, 2.05) is 24.3 Å². The van der Waals surface area contributed by atoms with E-state index in [0.29, 0.717) is 22.0 Å². The van der Waals surface area contributed by atoms with Crippen LogP contribution in [0.4, 0.5) is 0 Å². The fourth-order valence-corrected chi connectivity index (χ4v) is 2.23. The van der Waals surface area contributed by atoms with Crippen molar-refractivity contribution in [3.8, 4) is 11.5 Å². The Kier molecular flexibility index (Phi) is 3.84. The molecule has 0 saturated carbocycles. The topological polar surface area (TPSA) is 49.7 Å². The molecule has 0 saturated heterocycles. The number of rotatable bonds is 3. The fraction of sp³-hybridized carbons (Fsp3) is 0. The second kappa shape index (κ2) is 5.78. The van der Waals surface area contributed by atoms with Gasteiger partial charge in [-0.3, -0.25) is 0 Å². The molecule has 0 radical (unpaired) electrons. The normalized spacial score (nSPS) is 10.6. The number of hydrogen-bond donors (Lipinski definition) is 2. The molecule has 104 valence electrons. The Hall–Kier alpha value is -2.01. The lowest BCUT2D eigenvalue weighted by molar-refractivity contribution is 0.426. The predicted octanol–water partition coefficient (Wildman–Crippen LogP) is 2.97. The molecule has 0 spiro atoms. The Bertz CT molecular complexity index is 772. The van der Waals surface area contributed by atoms with Crippen molar-refractivity contribution in [2.24, 2.45) is 0 Å². The van der Waals surface area contributed by atoms with Gasteiger partial charge in [0.1, 0.15) is 11.5 Å². The average Bonchev–Trinajstić information content (AvgIpc) is 2.49. The molecule has 3 aromatic rings. The van der Waals surface area contributed by atoms with Crippen LogP contribution < -0.4 is 10.2 Å². The maximum atomic E-state index is 9.18. The summed E-state index contributed by atoms with van der Waals surface area (Å²) in [6, 6.07) is 18.0. The van der Waals surface area contributed by atoms with E-state index in [2.05, 4.69) is 0 Å². The quantitative estimate of drug-likeness (QED) is 0.731. The van der Waals surface area contributed by atoms with Gasteiger partial charge in [-0.2, -0.15) is 0 Å². The lowest BCUT2D eigenvalue weighted by Crippen LogP contribution is -2.29. The minimum absolute atomic E-state index is 0.467. The largest absolute Gasteiger partial charge is 0.488 e. The summed E-state index contributed by atoms with van der Waals surface area (Å²) < 4.78 is 5.76. The summed E-state index contributed by atoms with van der Waals surface area (Å²) >= 11 is 5.84. The van der Waals surface area contributed by atoms with Gasteiger partial charge in [-0.05, 0) is 52.6 Å². The highest BCUT2D eigenvalue weighted by Crippen LogP contribution is 2.26. The molecule has 0 aromatic heterocycles. The van der Waals surface area contributed by atoms with Crippen molar-refractivity contribution in [3.05, 3.63) is 65.7 Å². The summed E-state index contributed by atoms with van der Waals surface area (Å²) in [6.07, 6.45) is 0. The van der Waals surface area contributed by atoms with Gasteiger partial charge in [0.05, 0.1) is 0 Å². The Morgan fingerprint density at radius 3 is 2.10 bits per heavy atom. The Labute approximate surface area is 127 Å². The Morgan fingerprint density at radius 1 is 0.762 bits per heavy atom. The van der Waals surface area contributed by atoms with E-state index in [0.717, 1.165) is 10.8 Å². The zero-order valence-electron chi connectivity index (χ0n) is 11.0. The first-order chi connectivity index (χ1) is 10.1. The van der Waals surface area contributed by atoms with Crippen LogP contribution in [-0.4, -0.2) is 17.2 Å². The molecule has 0 heterocycles. The van der Waals surface area contributed by atoms with Crippen molar-refractivity contribution in [3.63, 3.8) is 0 Å². The van der Waals surface area contributed by atoms with Crippen molar-refractivity contribution in [2.45, 2.75) is 0 Å². The van der Waals surface area contributed by atoms with E-state index in [1.165, 1.54) is 0 Å². The van der Waals surface area contributed by atoms with Gasteiger partial charge in [-0.15, -0.1) is 0 Å². The molecule has 0 aliphatic heterocycles. The van der Waals surface area contributed by atoms with Gasteiger partial charge >= 0.3 is 7.12 Å². The zero-order valence-corrected chi connectivity index (χ0v) is 11.8. The molecule has 0 atom stereocenters. The number of ether oxygens (including phenoxy) is 1. The molecule has 0 aliphatic carbocycles. The van der Waals surface area contributed by atoms with Gasteiger partial charge in [0.2, 0.25) is 0 Å². The lowest BCUT2D eigenvalue weighted by atomic mass is 9.79. The Morgan fingerprint density at radius 2 is 1.38 bits per heavy atom. The molecule has 0 bridgehead atoms. The second-order valence-corrected chi connectivity index (χ2v) is 5.13. The number of benzene rings is 3. The summed E-state index contributed by atoms with van der Waals surface area (Å²) in [5.74, 6) is 1.42. The third-order valence-corrected chi connectivity index (χ3v) is 3.44. The van der Waals surface area contributed by atoms with Crippen LogP contribution in [0.3, 0.4) is 0 Å². The summed E-state index contributed by atoms with van der Waals surface area (Å²) in [4.78, 5) is 0. The zero-order chi connectivity index (χ0) is 14.8. The fourth-order valence-electron chi connectivity index (χ4n) is 2.11. The molecule has 0 fully saturated rings. The van der Waals surface area contributed by atoms with Crippen LogP contribution in [-0.2, 0) is 0 Å². The standard InChI is InChI=1S/C16H12BClO3/c18-14-4-7-15(8-5-14)21-16-6-2-11-9-13(17(19)20)3-1-12(11)10-16/h1-10,19-20H. The first-order valence-electron chi connectivity index (χ1n) is 6.45. The highest BCUT2D eigenvalue weighted by molar-refractivity contribution is 6.58. The molecule has 0 aliphatic rings. The van der Waals surface area contributed by atoms with Gasteiger partial charge in [-0.1, -0.05) is 35.9 Å². The van der Waals surface area contributed by atoms with Crippen molar-refractivity contribution in [2.75, 3.05) is 0 Å². The first-order valence-corrected chi connectivity index (χ1v) is 6.83. The monoisotopic (exact) mass is 298 g/mol. The second-order valence-electron chi connectivity index (χ2n) is 4.70. The maximum absolute atomic E-state index is 9.18. The van der Waals surface area contributed by atoms with Crippen LogP contribution in [0, 0.1) is 0 Å². The number of halogens is 1. The van der Waals surface area contributed by atoms with Crippen molar-refractivity contribution in [1.29, 1.82) is 0 Å². The summed E-state index contributed by atoms with van der Waals surface area (Å²) in [5.41, 5.74) is 0.467. The highest BCUT2D eigenvalue weighted by Gasteiger charge is 2.11. The van der Waals surface area contributed by atoms with Gasteiger partial charge in [0.25, 0.3) is 0 Å². The van der Waals surface area contributed by atoms with Crippen LogP contribution >= 0.6 is 11.6 Å². The van der Waals surface area contributed by atoms with E-state index >= 15 is 0 Å². The first kappa shape index (κ1) is 14.0. The molecular weight excluding hydrogens is 286 g/mol. The molecule has 3 aromatic carbocycles. The van der Waals surface area contributed by atoms with Crippen LogP contribution in [0.1, 0.15) is 0 Å². The minimum atomic E-state index is -1.46. The minimum Gasteiger partial charge on any atom is -0.457 e. The van der Waals surface area contributed by atoms with Crippen LogP contribution in [0.2, 0.25) is 5.02 Å². The Balaban J connectivity index is 1.90. The molecule has 0 unspecified atom stereocenters. The summed E-state index contributed by atoms with van der Waals surface area (Å²) in [5, 5.41) is 20.9. The third kappa shape index (κ3) is 3.19. The summed E-state index contributed by atoms with van der Waals surface area (Å²) in [7, 11) is -1.46. The van der Waals surface area contributed by atoms with Gasteiger partial charge < -0.3 is 14.8 Å². The predicted molar refractivity (Wildman–Crippen MR) is 85.3 cm³/mol. The molecule has 2 N–H and O–H groups in total. The molecular formula is C16H12BClO3. The van der Waals surface area contributed by atoms with Gasteiger partial charge in [0, 0.05) is 5.02 Å². The van der Waals surface area contributed by atoms with Gasteiger partial charge in [0.15, 0.2) is 0 Å². The maximum Gasteiger partial charge on any atom is 0.488 e. The average molecular weight is 299 g/mol. The lowest BCUT2D eigenvalue weighted by Gasteiger charge is -2.08. The van der Waals surface area contributed by atoms with Crippen molar-refractivity contribution in [1.82, 2.24) is 0 Å². The molecule has 3 rings (SSSR count). The van der Waals surface area contributed by atoms with Crippen molar-refractivity contribution < 1.29 is 14.8 Å². The molecule has 21 heavy (non-hydrogen) atoms. The van der Waals surface area contributed by atoms with Crippen LogP contribution in [0.15, 0.2) is 60.7 Å². The molecule has 3 nitrogen and oxygen atoms in total. The van der Waals surface area contributed by atoms with Gasteiger partial charge in [-0.25, -0.2) is 0 Å². The molecule has 5 heteroatoms. The SMILES string of the molecule is OB(O)c1ccc2cc(Oc3ccc(Cl)cc3)ccc2c1. The highest BCUT2D eigenvalue weighted by atomic mass is 35.5. The number of fused-ring (bicyclic) bond motifs is 1. The smallest absolute Gasteiger partial charge is 0.457 e. The third-order valence-electron chi connectivity index (χ3n) is 3.18. The van der Waals surface area contributed by atoms with Crippen LogP contribution in [0.5, 0.6) is 11.5 Å². The van der Waals surface area contributed by atoms with Crippen LogP contribution in [0.25, 0.3) is 10.8 Å². The van der Waals surface area contributed by atoms with Crippen molar-refractivity contribution >= 4 is 35.0 Å². The van der Waals surface area contributed by atoms with E-state index in [4.69, 9.17) is 16.3 Å². The summed E-state index contributed by atoms with van der Waals surface area (Å²) in [6.45, 7) is 0. The van der Waals surface area contributed by atoms with E-state index in [9.17, 15) is 10.0 Å². The molecule has 0 amide bonds. The van der Waals surface area contributed by atoms with E-state index in [1.54, 1.807) is 36.4 Å². The van der Waals surface area contributed by atoms with E-state index < -0.39 is 7.12 Å². The van der Waals surface area contributed by atoms with E-state index in [-0.39, 0.29) is 0 Å².